The Morgan fingerprint density at radius 2 is 1.94 bits per heavy atom. The number of halogens is 1. The summed E-state index contributed by atoms with van der Waals surface area (Å²) in [5.41, 5.74) is 1.24. The van der Waals surface area contributed by atoms with Crippen molar-refractivity contribution in [2.75, 3.05) is 19.3 Å². The maximum atomic E-state index is 11.5. The molecular formula is C13H21ClN2OS. The Kier molecular flexibility index (Phi) is 8.89. The van der Waals surface area contributed by atoms with Crippen LogP contribution >= 0.6 is 24.2 Å². The van der Waals surface area contributed by atoms with E-state index in [9.17, 15) is 4.79 Å². The maximum absolute atomic E-state index is 11.5. The van der Waals surface area contributed by atoms with Gasteiger partial charge in [0, 0.05) is 17.5 Å². The molecule has 1 atom stereocenters. The fourth-order valence-electron chi connectivity index (χ4n) is 1.20. The molecule has 18 heavy (non-hydrogen) atoms. The van der Waals surface area contributed by atoms with E-state index in [0.717, 1.165) is 4.90 Å². The van der Waals surface area contributed by atoms with Crippen molar-refractivity contribution in [2.24, 2.45) is 0 Å². The molecule has 0 aromatic heterocycles. The highest BCUT2D eigenvalue weighted by Crippen LogP contribution is 2.17. The van der Waals surface area contributed by atoms with Crippen LogP contribution in [0.15, 0.2) is 29.2 Å². The Hall–Kier alpha value is -0.710. The van der Waals surface area contributed by atoms with Crippen LogP contribution in [0.3, 0.4) is 0 Å². The number of carbonyl (C=O) groups is 1. The Morgan fingerprint density at radius 3 is 2.50 bits per heavy atom. The first-order chi connectivity index (χ1) is 8.11. The Morgan fingerprint density at radius 1 is 1.33 bits per heavy atom. The lowest BCUT2D eigenvalue weighted by atomic mass is 10.2. The highest BCUT2D eigenvalue weighted by atomic mass is 35.5. The predicted molar refractivity (Wildman–Crippen MR) is 80.7 cm³/mol. The fourth-order valence-corrected chi connectivity index (χ4v) is 1.93. The standard InChI is InChI=1S/C13H20N2OS.ClH/c1-10-4-6-12(7-5-10)17-9-13(16)15-8-11(2)14-3;/h4-7,11,14H,8-9H2,1-3H3,(H,15,16);1H. The van der Waals surface area contributed by atoms with Gasteiger partial charge in [-0.25, -0.2) is 0 Å². The first kappa shape index (κ1) is 17.3. The molecule has 1 aromatic rings. The lowest BCUT2D eigenvalue weighted by molar-refractivity contribution is -0.118. The number of nitrogens with one attached hydrogen (secondary N) is 2. The minimum Gasteiger partial charge on any atom is -0.354 e. The van der Waals surface area contributed by atoms with E-state index in [2.05, 4.69) is 29.7 Å². The van der Waals surface area contributed by atoms with E-state index in [1.807, 2.05) is 26.1 Å². The summed E-state index contributed by atoms with van der Waals surface area (Å²) in [6, 6.07) is 8.52. The van der Waals surface area contributed by atoms with Crippen molar-refractivity contribution >= 4 is 30.1 Å². The number of carbonyl (C=O) groups excluding carboxylic acids is 1. The zero-order valence-corrected chi connectivity index (χ0v) is 12.7. The molecule has 0 aliphatic heterocycles. The summed E-state index contributed by atoms with van der Waals surface area (Å²) in [6.07, 6.45) is 0. The third-order valence-corrected chi connectivity index (χ3v) is 3.50. The highest BCUT2D eigenvalue weighted by Gasteiger charge is 2.04. The van der Waals surface area contributed by atoms with Crippen molar-refractivity contribution in [3.05, 3.63) is 29.8 Å². The summed E-state index contributed by atoms with van der Waals surface area (Å²) < 4.78 is 0. The minimum atomic E-state index is 0. The van der Waals surface area contributed by atoms with Crippen LogP contribution in [0.25, 0.3) is 0 Å². The molecule has 0 aliphatic carbocycles. The van der Waals surface area contributed by atoms with Crippen LogP contribution in [-0.4, -0.2) is 31.3 Å². The largest absolute Gasteiger partial charge is 0.354 e. The Balaban J connectivity index is 0.00000289. The quantitative estimate of drug-likeness (QED) is 0.789. The number of aryl methyl sites for hydroxylation is 1. The van der Waals surface area contributed by atoms with Gasteiger partial charge in [0.15, 0.2) is 0 Å². The zero-order chi connectivity index (χ0) is 12.7. The number of benzene rings is 1. The topological polar surface area (TPSA) is 41.1 Å². The van der Waals surface area contributed by atoms with E-state index in [1.165, 1.54) is 5.56 Å². The van der Waals surface area contributed by atoms with Gasteiger partial charge in [-0.05, 0) is 33.0 Å². The molecule has 1 rings (SSSR count). The van der Waals surface area contributed by atoms with Gasteiger partial charge in [-0.15, -0.1) is 24.2 Å². The predicted octanol–water partition coefficient (Wildman–Crippen LogP) is 2.23. The molecule has 102 valence electrons. The second-order valence-electron chi connectivity index (χ2n) is 4.10. The molecule has 0 bridgehead atoms. The molecular weight excluding hydrogens is 268 g/mol. The highest BCUT2D eigenvalue weighted by molar-refractivity contribution is 8.00. The summed E-state index contributed by atoms with van der Waals surface area (Å²) in [7, 11) is 1.89. The van der Waals surface area contributed by atoms with Crippen LogP contribution < -0.4 is 10.6 Å². The lowest BCUT2D eigenvalue weighted by Crippen LogP contribution is -2.37. The van der Waals surface area contributed by atoms with E-state index in [1.54, 1.807) is 11.8 Å². The van der Waals surface area contributed by atoms with Crippen molar-refractivity contribution in [2.45, 2.75) is 24.8 Å². The van der Waals surface area contributed by atoms with Gasteiger partial charge < -0.3 is 10.6 Å². The van der Waals surface area contributed by atoms with Gasteiger partial charge in [-0.1, -0.05) is 17.7 Å². The number of rotatable bonds is 6. The molecule has 0 radical (unpaired) electrons. The van der Waals surface area contributed by atoms with Crippen LogP contribution in [0.2, 0.25) is 0 Å². The fraction of sp³-hybridized carbons (Fsp3) is 0.462. The van der Waals surface area contributed by atoms with Gasteiger partial charge in [0.05, 0.1) is 5.75 Å². The number of hydrogen-bond donors (Lipinski definition) is 2. The first-order valence-corrected chi connectivity index (χ1v) is 6.74. The number of thioether (sulfide) groups is 1. The summed E-state index contributed by atoms with van der Waals surface area (Å²) in [5, 5.41) is 5.97. The maximum Gasteiger partial charge on any atom is 0.230 e. The third-order valence-electron chi connectivity index (χ3n) is 2.49. The normalized spacial score (nSPS) is 11.5. The van der Waals surface area contributed by atoms with Crippen molar-refractivity contribution in [3.8, 4) is 0 Å². The SMILES string of the molecule is CNC(C)CNC(=O)CSc1ccc(C)cc1.Cl. The smallest absolute Gasteiger partial charge is 0.230 e. The van der Waals surface area contributed by atoms with Crippen molar-refractivity contribution in [1.29, 1.82) is 0 Å². The van der Waals surface area contributed by atoms with E-state index in [-0.39, 0.29) is 18.3 Å². The number of likely N-dealkylation sites (N-methyl/N-ethyl adjacent to an activating group) is 1. The molecule has 0 saturated carbocycles. The zero-order valence-electron chi connectivity index (χ0n) is 11.0. The molecule has 5 heteroatoms. The van der Waals surface area contributed by atoms with Gasteiger partial charge >= 0.3 is 0 Å². The average molecular weight is 289 g/mol. The van der Waals surface area contributed by atoms with Gasteiger partial charge in [-0.3, -0.25) is 4.79 Å². The first-order valence-electron chi connectivity index (χ1n) is 5.75. The van der Waals surface area contributed by atoms with Crippen LogP contribution in [-0.2, 0) is 4.79 Å². The van der Waals surface area contributed by atoms with Crippen LogP contribution in [0.4, 0.5) is 0 Å². The van der Waals surface area contributed by atoms with Crippen LogP contribution in [0.1, 0.15) is 12.5 Å². The second kappa shape index (κ2) is 9.25. The van der Waals surface area contributed by atoms with Crippen molar-refractivity contribution < 1.29 is 4.79 Å². The number of amides is 1. The van der Waals surface area contributed by atoms with E-state index in [4.69, 9.17) is 0 Å². The van der Waals surface area contributed by atoms with Crippen LogP contribution in [0, 0.1) is 6.92 Å². The van der Waals surface area contributed by atoms with E-state index in [0.29, 0.717) is 18.3 Å². The minimum absolute atomic E-state index is 0. The molecule has 0 saturated heterocycles. The Labute approximate surface area is 120 Å². The molecule has 0 aliphatic rings. The summed E-state index contributed by atoms with van der Waals surface area (Å²) in [4.78, 5) is 12.7. The van der Waals surface area contributed by atoms with Crippen molar-refractivity contribution in [1.82, 2.24) is 10.6 Å². The molecule has 0 heterocycles. The molecule has 1 aromatic carbocycles. The molecule has 1 amide bonds. The Bertz CT molecular complexity index is 357. The average Bonchev–Trinajstić information content (AvgIpc) is 2.35. The van der Waals surface area contributed by atoms with Gasteiger partial charge in [0.2, 0.25) is 5.91 Å². The van der Waals surface area contributed by atoms with Gasteiger partial charge in [-0.2, -0.15) is 0 Å². The van der Waals surface area contributed by atoms with Gasteiger partial charge in [0.1, 0.15) is 0 Å². The number of hydrogen-bond acceptors (Lipinski definition) is 3. The molecule has 0 fully saturated rings. The van der Waals surface area contributed by atoms with E-state index < -0.39 is 0 Å². The van der Waals surface area contributed by atoms with Gasteiger partial charge in [0.25, 0.3) is 0 Å². The molecule has 3 nitrogen and oxygen atoms in total. The summed E-state index contributed by atoms with van der Waals surface area (Å²) in [5.74, 6) is 0.553. The summed E-state index contributed by atoms with van der Waals surface area (Å²) >= 11 is 1.56. The summed E-state index contributed by atoms with van der Waals surface area (Å²) in [6.45, 7) is 4.76. The monoisotopic (exact) mass is 288 g/mol. The molecule has 0 spiro atoms. The third kappa shape index (κ3) is 6.89. The second-order valence-corrected chi connectivity index (χ2v) is 5.14. The van der Waals surface area contributed by atoms with Crippen molar-refractivity contribution in [3.63, 3.8) is 0 Å². The van der Waals surface area contributed by atoms with Crippen LogP contribution in [0.5, 0.6) is 0 Å². The molecule has 2 N–H and O–H groups in total. The lowest BCUT2D eigenvalue weighted by Gasteiger charge is -2.11. The van der Waals surface area contributed by atoms with E-state index >= 15 is 0 Å². The molecule has 1 unspecified atom stereocenters.